The Hall–Kier alpha value is -4.14. The molecule has 1 fully saturated rings. The molecular weight excluding hydrogens is 659 g/mol. The van der Waals surface area contributed by atoms with Gasteiger partial charge in [0.2, 0.25) is 0 Å². The number of likely N-dealkylation sites (tertiary alicyclic amines) is 1. The minimum absolute atomic E-state index is 0.0286. The Morgan fingerprint density at radius 2 is 1.75 bits per heavy atom. The molecule has 2 N–H and O–H groups in total. The van der Waals surface area contributed by atoms with Gasteiger partial charge >= 0.3 is 6.09 Å². The zero-order valence-corrected chi connectivity index (χ0v) is 29.3. The number of rotatable bonds is 13. The van der Waals surface area contributed by atoms with Crippen molar-refractivity contribution in [3.05, 3.63) is 81.7 Å². The summed E-state index contributed by atoms with van der Waals surface area (Å²) in [7, 11) is 3.17. The van der Waals surface area contributed by atoms with E-state index >= 15 is 4.39 Å². The van der Waals surface area contributed by atoms with Crippen molar-refractivity contribution in [3.63, 3.8) is 0 Å². The van der Waals surface area contributed by atoms with Gasteiger partial charge in [-0.05, 0) is 83.1 Å². The van der Waals surface area contributed by atoms with Gasteiger partial charge in [0.05, 0.1) is 24.6 Å². The highest BCUT2D eigenvalue weighted by molar-refractivity contribution is 8.01. The molecule has 0 aliphatic carbocycles. The van der Waals surface area contributed by atoms with Crippen molar-refractivity contribution in [2.75, 3.05) is 42.2 Å². The van der Waals surface area contributed by atoms with Crippen LogP contribution in [0, 0.1) is 11.6 Å². The number of hydrogen-bond acceptors (Lipinski definition) is 11. The van der Waals surface area contributed by atoms with Gasteiger partial charge in [-0.3, -0.25) is 4.90 Å². The average Bonchev–Trinajstić information content (AvgIpc) is 3.79. The van der Waals surface area contributed by atoms with E-state index in [1.165, 1.54) is 21.7 Å². The van der Waals surface area contributed by atoms with Gasteiger partial charge in [-0.15, -0.1) is 11.3 Å². The summed E-state index contributed by atoms with van der Waals surface area (Å²) in [4.78, 5) is 25.2. The van der Waals surface area contributed by atoms with Gasteiger partial charge in [-0.1, -0.05) is 0 Å². The smallest absolute Gasteiger partial charge is 0.426 e. The Balaban J connectivity index is 1.44. The first-order valence-electron chi connectivity index (χ1n) is 15.5. The lowest BCUT2D eigenvalue weighted by molar-refractivity contribution is 0.0611. The van der Waals surface area contributed by atoms with Gasteiger partial charge in [0, 0.05) is 59.7 Å². The molecule has 48 heavy (non-hydrogen) atoms. The summed E-state index contributed by atoms with van der Waals surface area (Å²) in [5.74, 6) is 1.64. The molecule has 0 atom stereocenters. The number of hydrogen-bond donors (Lipinski definition) is 2. The molecule has 0 unspecified atom stereocenters. The molecule has 0 radical (unpaired) electrons. The van der Waals surface area contributed by atoms with Crippen molar-refractivity contribution < 1.29 is 27.8 Å². The molecule has 1 saturated heterocycles. The van der Waals surface area contributed by atoms with Crippen LogP contribution in [0.4, 0.5) is 31.0 Å². The lowest BCUT2D eigenvalue weighted by atomic mass is 10.1. The normalized spacial score (nSPS) is 13.3. The summed E-state index contributed by atoms with van der Waals surface area (Å²) in [6, 6.07) is 11.4. The first-order valence-corrected chi connectivity index (χ1v) is 17.2. The molecule has 1 amide bonds. The minimum Gasteiger partial charge on any atom is -0.497 e. The van der Waals surface area contributed by atoms with Crippen molar-refractivity contribution >= 4 is 46.8 Å². The molecule has 1 aliphatic rings. The zero-order chi connectivity index (χ0) is 34.3. The lowest BCUT2D eigenvalue weighted by Gasteiger charge is -2.25. The molecular formula is C34H40F2N6O4S2. The largest absolute Gasteiger partial charge is 0.497 e. The Morgan fingerprint density at radius 3 is 2.42 bits per heavy atom. The SMILES string of the molecule is COc1ccc(CNc2nc(NCc3c(F)ccc(F)c3CN3CCCC3)ccc2SN(C(=O)OC(C)(C)C)c2cscn2)c(OC)c1. The fourth-order valence-electron chi connectivity index (χ4n) is 5.15. The van der Waals surface area contributed by atoms with Gasteiger partial charge in [-0.25, -0.2) is 23.5 Å². The topological polar surface area (TPSA) is 101 Å². The van der Waals surface area contributed by atoms with Crippen molar-refractivity contribution in [2.24, 2.45) is 0 Å². The summed E-state index contributed by atoms with van der Waals surface area (Å²) in [6.45, 7) is 7.80. The van der Waals surface area contributed by atoms with Crippen LogP contribution in [0.2, 0.25) is 0 Å². The highest BCUT2D eigenvalue weighted by atomic mass is 32.2. The summed E-state index contributed by atoms with van der Waals surface area (Å²) in [5, 5.41) is 8.31. The molecule has 5 rings (SSSR count). The first-order chi connectivity index (χ1) is 23.0. The number of methoxy groups -OCH3 is 2. The maximum atomic E-state index is 15.1. The second kappa shape index (κ2) is 15.8. The fraction of sp³-hybridized carbons (Fsp3) is 0.382. The summed E-state index contributed by atoms with van der Waals surface area (Å²) in [6.07, 6.45) is 1.51. The number of nitrogens with one attached hydrogen (secondary N) is 2. The summed E-state index contributed by atoms with van der Waals surface area (Å²) < 4.78 is 48.1. The second-order valence-corrected chi connectivity index (χ2v) is 13.8. The number of benzene rings is 2. The van der Waals surface area contributed by atoms with E-state index in [0.717, 1.165) is 49.5 Å². The molecule has 14 heteroatoms. The number of pyridine rings is 1. The van der Waals surface area contributed by atoms with Crippen LogP contribution in [-0.2, 0) is 24.4 Å². The average molecular weight is 699 g/mol. The van der Waals surface area contributed by atoms with Gasteiger partial charge in [0.25, 0.3) is 0 Å². The Labute approximate surface area is 287 Å². The van der Waals surface area contributed by atoms with E-state index in [0.29, 0.717) is 52.5 Å². The van der Waals surface area contributed by atoms with Crippen LogP contribution in [0.3, 0.4) is 0 Å². The second-order valence-electron chi connectivity index (χ2n) is 12.1. The van der Waals surface area contributed by atoms with Gasteiger partial charge in [0.15, 0.2) is 5.82 Å². The van der Waals surface area contributed by atoms with E-state index in [9.17, 15) is 9.18 Å². The highest BCUT2D eigenvalue weighted by Crippen LogP contribution is 2.36. The number of nitrogens with zero attached hydrogens (tertiary/aromatic N) is 4. The predicted molar refractivity (Wildman–Crippen MR) is 186 cm³/mol. The molecule has 0 spiro atoms. The maximum absolute atomic E-state index is 15.1. The van der Waals surface area contributed by atoms with Gasteiger partial charge < -0.3 is 24.8 Å². The molecule has 10 nitrogen and oxygen atoms in total. The number of ether oxygens (including phenoxy) is 3. The Morgan fingerprint density at radius 1 is 1.00 bits per heavy atom. The third-order valence-corrected chi connectivity index (χ3v) is 9.14. The molecule has 4 aromatic rings. The lowest BCUT2D eigenvalue weighted by Crippen LogP contribution is -2.33. The first kappa shape index (κ1) is 35.2. The molecule has 256 valence electrons. The van der Waals surface area contributed by atoms with E-state index in [1.807, 2.05) is 12.1 Å². The van der Waals surface area contributed by atoms with Crippen LogP contribution >= 0.6 is 23.3 Å². The van der Waals surface area contributed by atoms with Crippen LogP contribution in [-0.4, -0.2) is 53.9 Å². The number of halogens is 2. The van der Waals surface area contributed by atoms with Crippen molar-refractivity contribution in [1.82, 2.24) is 14.9 Å². The third-order valence-electron chi connectivity index (χ3n) is 7.52. The van der Waals surface area contributed by atoms with Crippen LogP contribution in [0.5, 0.6) is 11.5 Å². The molecule has 3 heterocycles. The molecule has 1 aliphatic heterocycles. The quantitative estimate of drug-likeness (QED) is 0.133. The fourth-order valence-corrected chi connectivity index (χ4v) is 6.57. The van der Waals surface area contributed by atoms with Crippen LogP contribution in [0.1, 0.15) is 50.3 Å². The van der Waals surface area contributed by atoms with Crippen LogP contribution < -0.4 is 24.4 Å². The van der Waals surface area contributed by atoms with Crippen LogP contribution in [0.15, 0.2) is 58.3 Å². The maximum Gasteiger partial charge on any atom is 0.426 e. The molecule has 0 saturated carbocycles. The Bertz CT molecular complexity index is 1700. The van der Waals surface area contributed by atoms with E-state index in [4.69, 9.17) is 19.2 Å². The zero-order valence-electron chi connectivity index (χ0n) is 27.6. The number of carbonyl (C=O) groups excluding carboxylic acids is 1. The molecule has 2 aromatic carbocycles. The third kappa shape index (κ3) is 9.05. The van der Waals surface area contributed by atoms with Crippen LogP contribution in [0.25, 0.3) is 0 Å². The molecule has 2 aromatic heterocycles. The summed E-state index contributed by atoms with van der Waals surface area (Å²) >= 11 is 2.46. The van der Waals surface area contributed by atoms with Crippen molar-refractivity contribution in [1.29, 1.82) is 0 Å². The van der Waals surface area contributed by atoms with Crippen molar-refractivity contribution in [2.45, 2.75) is 63.7 Å². The van der Waals surface area contributed by atoms with Gasteiger partial charge in [-0.2, -0.15) is 4.31 Å². The van der Waals surface area contributed by atoms with E-state index in [1.54, 1.807) is 64.1 Å². The van der Waals surface area contributed by atoms with E-state index in [-0.39, 0.29) is 12.1 Å². The number of thiazole rings is 1. The van der Waals surface area contributed by atoms with Crippen molar-refractivity contribution in [3.8, 4) is 11.5 Å². The Kier molecular flexibility index (Phi) is 11.6. The minimum atomic E-state index is -0.732. The number of anilines is 3. The molecule has 0 bridgehead atoms. The number of aromatic nitrogens is 2. The number of carbonyl (C=O) groups is 1. The monoisotopic (exact) mass is 698 g/mol. The number of amides is 1. The predicted octanol–water partition coefficient (Wildman–Crippen LogP) is 8.10. The van der Waals surface area contributed by atoms with E-state index in [2.05, 4.69) is 20.5 Å². The summed E-state index contributed by atoms with van der Waals surface area (Å²) in [5.41, 5.74) is 2.35. The van der Waals surface area contributed by atoms with Gasteiger partial charge in [0.1, 0.15) is 40.4 Å². The highest BCUT2D eigenvalue weighted by Gasteiger charge is 2.27. The standard InChI is InChI=1S/C34H40F2N6O4S2/c1-34(2,3)46-33(43)42(31-20-47-21-39-31)48-29-12-13-30(40-32(29)38-17-22-8-9-23(44-4)16-28(22)45-5)37-18-24-25(19-41-14-6-7-15-41)27(36)11-10-26(24)35/h8-13,16,20-21H,6-7,14-15,17-19H2,1-5H3,(H2,37,38,40). The van der Waals surface area contributed by atoms with E-state index < -0.39 is 23.3 Å².